The van der Waals surface area contributed by atoms with Crippen LogP contribution >= 0.6 is 43.2 Å². The number of Topliss-reactive ketones (excluding diaryl/α,β-unsaturated/α-hetero) is 2. The van der Waals surface area contributed by atoms with Crippen molar-refractivity contribution in [1.82, 2.24) is 0 Å². The SMILES string of the molecule is O=C(COCC(=O)C1SS1)C1SS1. The summed E-state index contributed by atoms with van der Waals surface area (Å²) in [5.74, 6) is 0.165. The monoisotopic (exact) mass is 254 g/mol. The van der Waals surface area contributed by atoms with Crippen LogP contribution in [0.3, 0.4) is 0 Å². The highest BCUT2D eigenvalue weighted by Crippen LogP contribution is 2.54. The summed E-state index contributed by atoms with van der Waals surface area (Å²) < 4.78 is 5.15. The molecule has 0 aromatic heterocycles. The molecule has 0 amide bonds. The van der Waals surface area contributed by atoms with E-state index in [0.717, 1.165) is 0 Å². The lowest BCUT2D eigenvalue weighted by Gasteiger charge is -1.98. The Bertz CT molecular complexity index is 212. The number of carbonyl (C=O) groups is 2. The van der Waals surface area contributed by atoms with Crippen LogP contribution in [0, 0.1) is 0 Å². The fraction of sp³-hybridized carbons (Fsp3) is 0.667. The van der Waals surface area contributed by atoms with E-state index in [-0.39, 0.29) is 33.9 Å². The summed E-state index contributed by atoms with van der Waals surface area (Å²) in [6.45, 7) is 0.164. The van der Waals surface area contributed by atoms with Crippen LogP contribution < -0.4 is 0 Å². The minimum Gasteiger partial charge on any atom is -0.366 e. The molecule has 0 aromatic rings. The van der Waals surface area contributed by atoms with Crippen LogP contribution in [0.15, 0.2) is 0 Å². The van der Waals surface area contributed by atoms with Crippen molar-refractivity contribution in [1.29, 1.82) is 0 Å². The summed E-state index contributed by atoms with van der Waals surface area (Å²) in [6, 6.07) is 0. The zero-order valence-corrected chi connectivity index (χ0v) is 9.69. The molecular weight excluding hydrogens is 248 g/mol. The standard InChI is InChI=1S/C6H6O3S4/c7-3(5-10-11-5)1-9-2-4(8)6-12-13-6/h5-6H,1-2H2. The maximum atomic E-state index is 11.1. The van der Waals surface area contributed by atoms with E-state index in [0.29, 0.717) is 0 Å². The van der Waals surface area contributed by atoms with E-state index in [2.05, 4.69) is 0 Å². The molecule has 0 saturated carbocycles. The average Bonchev–Trinajstić information content (AvgIpc) is 2.95. The van der Waals surface area contributed by atoms with Crippen LogP contribution in [0.25, 0.3) is 0 Å². The van der Waals surface area contributed by atoms with Crippen molar-refractivity contribution in [3.63, 3.8) is 0 Å². The molecule has 2 aliphatic heterocycles. The first-order valence-electron chi connectivity index (χ1n) is 3.55. The van der Waals surface area contributed by atoms with Crippen LogP contribution in [-0.2, 0) is 14.3 Å². The van der Waals surface area contributed by atoms with Gasteiger partial charge in [0.15, 0.2) is 11.6 Å². The molecule has 7 heteroatoms. The Morgan fingerprint density at radius 1 is 0.923 bits per heavy atom. The van der Waals surface area contributed by atoms with Crippen molar-refractivity contribution >= 4 is 54.7 Å². The number of carbonyl (C=O) groups excluding carboxylic acids is 2. The van der Waals surface area contributed by atoms with Gasteiger partial charge in [0.25, 0.3) is 0 Å². The highest BCUT2D eigenvalue weighted by atomic mass is 33.2. The lowest BCUT2D eigenvalue weighted by molar-refractivity contribution is -0.126. The van der Waals surface area contributed by atoms with Crippen molar-refractivity contribution in [2.75, 3.05) is 13.2 Å². The summed E-state index contributed by atoms with van der Waals surface area (Å²) in [5.41, 5.74) is 0. The molecule has 2 rings (SSSR count). The molecular formula is C6H6O3S4. The largest absolute Gasteiger partial charge is 0.366 e. The summed E-state index contributed by atoms with van der Waals surface area (Å²) in [6.07, 6.45) is 0. The third-order valence-electron chi connectivity index (χ3n) is 1.40. The van der Waals surface area contributed by atoms with E-state index in [1.807, 2.05) is 0 Å². The molecule has 13 heavy (non-hydrogen) atoms. The fourth-order valence-electron chi connectivity index (χ4n) is 0.659. The van der Waals surface area contributed by atoms with Gasteiger partial charge in [-0.2, -0.15) is 0 Å². The number of ether oxygens (including phenoxy) is 1. The Kier molecular flexibility index (Phi) is 3.52. The third kappa shape index (κ3) is 3.39. The molecule has 0 spiro atoms. The van der Waals surface area contributed by atoms with E-state index < -0.39 is 0 Å². The second-order valence-corrected chi connectivity index (χ2v) is 8.04. The Morgan fingerprint density at radius 2 is 1.31 bits per heavy atom. The van der Waals surface area contributed by atoms with E-state index >= 15 is 0 Å². The molecule has 0 N–H and O–H groups in total. The number of hydrogen-bond acceptors (Lipinski definition) is 7. The van der Waals surface area contributed by atoms with E-state index in [9.17, 15) is 9.59 Å². The molecule has 0 bridgehead atoms. The van der Waals surface area contributed by atoms with Gasteiger partial charge < -0.3 is 4.74 Å². The molecule has 2 aliphatic rings. The fourth-order valence-corrected chi connectivity index (χ4v) is 3.09. The van der Waals surface area contributed by atoms with Crippen LogP contribution in [0.4, 0.5) is 0 Å². The molecule has 2 saturated heterocycles. The van der Waals surface area contributed by atoms with Crippen molar-refractivity contribution in [3.8, 4) is 0 Å². The van der Waals surface area contributed by atoms with Gasteiger partial charge in [0, 0.05) is 0 Å². The average molecular weight is 254 g/mol. The number of ketones is 2. The van der Waals surface area contributed by atoms with Gasteiger partial charge in [-0.25, -0.2) is 0 Å². The zero-order valence-electron chi connectivity index (χ0n) is 6.43. The Hall–Kier alpha value is 0.700. The van der Waals surface area contributed by atoms with Crippen LogP contribution in [0.5, 0.6) is 0 Å². The highest BCUT2D eigenvalue weighted by Gasteiger charge is 2.34. The molecule has 0 atom stereocenters. The van der Waals surface area contributed by atoms with E-state index in [1.165, 1.54) is 0 Å². The van der Waals surface area contributed by atoms with Crippen molar-refractivity contribution in [2.45, 2.75) is 9.16 Å². The summed E-state index contributed by atoms with van der Waals surface area (Å²) in [5, 5.41) is 0. The quantitative estimate of drug-likeness (QED) is 0.526. The zero-order chi connectivity index (χ0) is 9.26. The van der Waals surface area contributed by atoms with E-state index in [1.54, 1.807) is 43.2 Å². The first-order chi connectivity index (χ1) is 6.27. The Balaban J connectivity index is 1.56. The molecule has 3 nitrogen and oxygen atoms in total. The van der Waals surface area contributed by atoms with Crippen molar-refractivity contribution < 1.29 is 14.3 Å². The molecule has 2 heterocycles. The maximum absolute atomic E-state index is 11.1. The molecule has 0 radical (unpaired) electrons. The van der Waals surface area contributed by atoms with Crippen LogP contribution in [-0.4, -0.2) is 33.9 Å². The van der Waals surface area contributed by atoms with Crippen LogP contribution in [0.2, 0.25) is 0 Å². The lowest BCUT2D eigenvalue weighted by Crippen LogP contribution is -2.18. The van der Waals surface area contributed by atoms with Gasteiger partial charge in [-0.05, 0) is 0 Å². The summed E-state index contributed by atoms with van der Waals surface area (Å²) in [4.78, 5) is 22.2. The topological polar surface area (TPSA) is 43.4 Å². The summed E-state index contributed by atoms with van der Waals surface area (Å²) >= 11 is 0. The Morgan fingerprint density at radius 3 is 1.62 bits per heavy atom. The van der Waals surface area contributed by atoms with Crippen molar-refractivity contribution in [3.05, 3.63) is 0 Å². The number of hydrogen-bond donors (Lipinski definition) is 0. The van der Waals surface area contributed by atoms with Crippen LogP contribution in [0.1, 0.15) is 0 Å². The normalized spacial score (nSPS) is 21.5. The summed E-state index contributed by atoms with van der Waals surface area (Å²) in [7, 11) is 6.19. The van der Waals surface area contributed by atoms with Gasteiger partial charge in [0.05, 0.1) is 0 Å². The second-order valence-electron chi connectivity index (χ2n) is 2.47. The van der Waals surface area contributed by atoms with Gasteiger partial charge >= 0.3 is 0 Å². The van der Waals surface area contributed by atoms with Gasteiger partial charge in [0.1, 0.15) is 22.4 Å². The number of rotatable bonds is 6. The molecule has 72 valence electrons. The first kappa shape index (κ1) is 10.2. The highest BCUT2D eigenvalue weighted by molar-refractivity contribution is 8.93. The second kappa shape index (κ2) is 4.48. The first-order valence-corrected chi connectivity index (χ1v) is 8.10. The van der Waals surface area contributed by atoms with E-state index in [4.69, 9.17) is 4.74 Å². The van der Waals surface area contributed by atoms with Gasteiger partial charge in [-0.1, -0.05) is 43.2 Å². The predicted molar refractivity (Wildman–Crippen MR) is 58.8 cm³/mol. The van der Waals surface area contributed by atoms with Gasteiger partial charge in [-0.15, -0.1) is 0 Å². The predicted octanol–water partition coefficient (Wildman–Crippen LogP) is 1.58. The minimum atomic E-state index is 0.0692. The lowest BCUT2D eigenvalue weighted by atomic mass is 10.4. The molecule has 0 unspecified atom stereocenters. The van der Waals surface area contributed by atoms with Gasteiger partial charge in [0.2, 0.25) is 0 Å². The Labute approximate surface area is 91.3 Å². The minimum absolute atomic E-state index is 0.0692. The van der Waals surface area contributed by atoms with Gasteiger partial charge in [-0.3, -0.25) is 9.59 Å². The maximum Gasteiger partial charge on any atom is 0.183 e. The molecule has 0 aliphatic carbocycles. The smallest absolute Gasteiger partial charge is 0.183 e. The van der Waals surface area contributed by atoms with Crippen molar-refractivity contribution in [2.24, 2.45) is 0 Å². The molecule has 0 aromatic carbocycles. The third-order valence-corrected chi connectivity index (χ3v) is 5.53. The molecule has 2 fully saturated rings.